The normalized spacial score (nSPS) is 10.6. The van der Waals surface area contributed by atoms with Crippen LogP contribution in [0.3, 0.4) is 0 Å². The summed E-state index contributed by atoms with van der Waals surface area (Å²) in [5, 5.41) is 17.7. The number of hydrogen-bond acceptors (Lipinski definition) is 4. The Hall–Kier alpha value is -3.25. The summed E-state index contributed by atoms with van der Waals surface area (Å²) >= 11 is 5.41. The quantitative estimate of drug-likeness (QED) is 0.496. The van der Waals surface area contributed by atoms with Gasteiger partial charge in [0.25, 0.3) is 5.97 Å². The van der Waals surface area contributed by atoms with Crippen LogP contribution in [0.5, 0.6) is 0 Å². The highest BCUT2D eigenvalue weighted by Crippen LogP contribution is 2.21. The molecule has 2 aromatic carbocycles. The Morgan fingerprint density at radius 3 is 2.41 bits per heavy atom. The lowest BCUT2D eigenvalue weighted by atomic mass is 10.0. The molecule has 5 nitrogen and oxygen atoms in total. The molecule has 0 aliphatic carbocycles. The third-order valence-corrected chi connectivity index (χ3v) is 4.30. The van der Waals surface area contributed by atoms with Gasteiger partial charge in [0.1, 0.15) is 11.3 Å². The van der Waals surface area contributed by atoms with E-state index in [0.717, 1.165) is 30.7 Å². The van der Waals surface area contributed by atoms with E-state index in [1.54, 1.807) is 24.3 Å². The first kappa shape index (κ1) is 22.0. The van der Waals surface area contributed by atoms with Gasteiger partial charge in [0.15, 0.2) is 0 Å². The van der Waals surface area contributed by atoms with Crippen LogP contribution in [0.1, 0.15) is 47.5 Å². The first-order chi connectivity index (χ1) is 13.8. The van der Waals surface area contributed by atoms with Crippen LogP contribution in [-0.2, 0) is 11.2 Å². The van der Waals surface area contributed by atoms with Crippen molar-refractivity contribution >= 4 is 47.3 Å². The Bertz CT molecular complexity index is 1110. The molecule has 0 atom stereocenters. The molecule has 29 heavy (non-hydrogen) atoms. The first-order valence-corrected chi connectivity index (χ1v) is 9.49. The zero-order valence-electron chi connectivity index (χ0n) is 16.2. The van der Waals surface area contributed by atoms with Gasteiger partial charge in [-0.2, -0.15) is 0 Å². The van der Waals surface area contributed by atoms with Crippen molar-refractivity contribution in [3.05, 3.63) is 75.5 Å². The zero-order chi connectivity index (χ0) is 21.4. The number of aliphatic carboxylic acids is 1. The molecule has 1 aromatic heterocycles. The lowest BCUT2D eigenvalue weighted by Crippen LogP contribution is -2.00. The Balaban J connectivity index is 0.000000687. The fraction of sp³-hybridized carbons (Fsp3) is 0.174. The van der Waals surface area contributed by atoms with E-state index >= 15 is 0 Å². The first-order valence-electron chi connectivity index (χ1n) is 9.08. The zero-order valence-corrected chi connectivity index (χ0v) is 17.0. The highest BCUT2D eigenvalue weighted by Gasteiger charge is 2.09. The lowest BCUT2D eigenvalue weighted by molar-refractivity contribution is -0.134. The molecule has 3 rings (SSSR count). The third kappa shape index (κ3) is 6.40. The van der Waals surface area contributed by atoms with Crippen molar-refractivity contribution in [2.24, 2.45) is 0 Å². The molecule has 6 heteroatoms. The molecule has 2 N–H and O–H groups in total. The van der Waals surface area contributed by atoms with Gasteiger partial charge in [-0.3, -0.25) is 4.79 Å². The van der Waals surface area contributed by atoms with Crippen molar-refractivity contribution in [2.45, 2.75) is 26.7 Å². The summed E-state index contributed by atoms with van der Waals surface area (Å²) in [5.41, 5.74) is 2.77. The molecule has 0 fully saturated rings. The Morgan fingerprint density at radius 2 is 1.76 bits per heavy atom. The minimum atomic E-state index is -0.942. The van der Waals surface area contributed by atoms with Crippen molar-refractivity contribution in [3.63, 3.8) is 0 Å². The summed E-state index contributed by atoms with van der Waals surface area (Å²) in [6, 6.07) is 14.8. The fourth-order valence-electron chi connectivity index (χ4n) is 2.77. The maximum atomic E-state index is 11.5. The number of carbonyl (C=O) groups is 2. The lowest BCUT2D eigenvalue weighted by Gasteiger charge is -2.05. The molecule has 0 saturated heterocycles. The SMILES string of the molecule is CC(=O)O.CCCc1ccc(C(=O)O)c(C=Cc2cc(=S)c3ccccc3o2)c1. The Kier molecular flexibility index (Phi) is 7.86. The van der Waals surface area contributed by atoms with Crippen LogP contribution in [0, 0.1) is 4.51 Å². The number of fused-ring (bicyclic) bond motifs is 1. The predicted molar refractivity (Wildman–Crippen MR) is 117 cm³/mol. The van der Waals surface area contributed by atoms with Gasteiger partial charge in [-0.1, -0.05) is 55.9 Å². The van der Waals surface area contributed by atoms with Crippen LogP contribution in [0.4, 0.5) is 0 Å². The number of carboxylic acid groups (broad SMARTS) is 2. The van der Waals surface area contributed by atoms with Gasteiger partial charge < -0.3 is 14.6 Å². The second kappa shape index (κ2) is 10.3. The summed E-state index contributed by atoms with van der Waals surface area (Å²) in [6.45, 7) is 3.18. The molecule has 0 spiro atoms. The summed E-state index contributed by atoms with van der Waals surface area (Å²) in [5.74, 6) is -1.18. The van der Waals surface area contributed by atoms with Crippen molar-refractivity contribution in [2.75, 3.05) is 0 Å². The molecule has 0 aliphatic heterocycles. The van der Waals surface area contributed by atoms with Gasteiger partial charge in [-0.15, -0.1) is 0 Å². The second-order valence-corrected chi connectivity index (χ2v) is 6.78. The number of aromatic carboxylic acids is 1. The summed E-state index contributed by atoms with van der Waals surface area (Å²) in [6.07, 6.45) is 5.46. The molecule has 0 bridgehead atoms. The number of benzene rings is 2. The van der Waals surface area contributed by atoms with Crippen LogP contribution in [-0.4, -0.2) is 22.2 Å². The monoisotopic (exact) mass is 410 g/mol. The number of hydrogen-bond donors (Lipinski definition) is 2. The van der Waals surface area contributed by atoms with Gasteiger partial charge in [0, 0.05) is 12.3 Å². The van der Waals surface area contributed by atoms with E-state index in [-0.39, 0.29) is 5.56 Å². The predicted octanol–water partition coefficient (Wildman–Crippen LogP) is 6.07. The van der Waals surface area contributed by atoms with Crippen LogP contribution < -0.4 is 0 Å². The Labute approximate surface area is 173 Å². The van der Waals surface area contributed by atoms with Crippen LogP contribution in [0.15, 0.2) is 52.9 Å². The third-order valence-electron chi connectivity index (χ3n) is 3.97. The summed E-state index contributed by atoms with van der Waals surface area (Å²) in [7, 11) is 0. The summed E-state index contributed by atoms with van der Waals surface area (Å²) in [4.78, 5) is 20.5. The van der Waals surface area contributed by atoms with Gasteiger partial charge in [-0.05, 0) is 47.9 Å². The van der Waals surface area contributed by atoms with Gasteiger partial charge >= 0.3 is 5.97 Å². The van der Waals surface area contributed by atoms with E-state index in [4.69, 9.17) is 26.5 Å². The molecule has 0 aliphatic rings. The van der Waals surface area contributed by atoms with Gasteiger partial charge in [-0.25, -0.2) is 4.79 Å². The van der Waals surface area contributed by atoms with Crippen LogP contribution in [0.25, 0.3) is 23.1 Å². The van der Waals surface area contributed by atoms with Crippen molar-refractivity contribution in [1.29, 1.82) is 0 Å². The average Bonchev–Trinajstić information content (AvgIpc) is 2.66. The van der Waals surface area contributed by atoms with E-state index < -0.39 is 11.9 Å². The van der Waals surface area contributed by atoms with Gasteiger partial charge in [0.05, 0.1) is 10.1 Å². The largest absolute Gasteiger partial charge is 0.481 e. The van der Waals surface area contributed by atoms with E-state index in [1.807, 2.05) is 36.4 Å². The van der Waals surface area contributed by atoms with Crippen molar-refractivity contribution in [1.82, 2.24) is 0 Å². The number of aryl methyl sites for hydroxylation is 1. The molecule has 1 heterocycles. The molecule has 3 aromatic rings. The average molecular weight is 410 g/mol. The van der Waals surface area contributed by atoms with Crippen LogP contribution >= 0.6 is 12.2 Å². The highest BCUT2D eigenvalue weighted by atomic mass is 32.1. The molecular formula is C23H22O5S. The molecule has 150 valence electrons. The minimum absolute atomic E-state index is 0.274. The van der Waals surface area contributed by atoms with Crippen molar-refractivity contribution in [3.8, 4) is 0 Å². The number of para-hydroxylation sites is 1. The van der Waals surface area contributed by atoms with Crippen molar-refractivity contribution < 1.29 is 24.2 Å². The molecule has 0 radical (unpaired) electrons. The van der Waals surface area contributed by atoms with E-state index in [9.17, 15) is 9.90 Å². The fourth-order valence-corrected chi connectivity index (χ4v) is 3.05. The molecule has 0 saturated carbocycles. The van der Waals surface area contributed by atoms with E-state index in [2.05, 4.69) is 6.92 Å². The van der Waals surface area contributed by atoms with Gasteiger partial charge in [0.2, 0.25) is 0 Å². The molecule has 0 unspecified atom stereocenters. The minimum Gasteiger partial charge on any atom is -0.481 e. The molecule has 0 amide bonds. The smallest absolute Gasteiger partial charge is 0.336 e. The number of carboxylic acids is 2. The summed E-state index contributed by atoms with van der Waals surface area (Å²) < 4.78 is 6.55. The maximum absolute atomic E-state index is 11.5. The Morgan fingerprint density at radius 1 is 1.07 bits per heavy atom. The van der Waals surface area contributed by atoms with E-state index in [0.29, 0.717) is 21.4 Å². The second-order valence-electron chi connectivity index (χ2n) is 6.34. The topological polar surface area (TPSA) is 87.7 Å². The van der Waals surface area contributed by atoms with Crippen LogP contribution in [0.2, 0.25) is 0 Å². The standard InChI is InChI=1S/C21H18O3S.C2H4O2/c1-2-5-14-8-11-17(21(22)23)15(12-14)9-10-16-13-20(25)18-6-3-4-7-19(18)24-16;1-2(3)4/h3-4,6-13H,2,5H2,1H3,(H,22,23);1H3,(H,3,4). The van der Waals surface area contributed by atoms with E-state index in [1.165, 1.54) is 0 Å². The number of rotatable bonds is 5. The highest BCUT2D eigenvalue weighted by molar-refractivity contribution is 7.71. The molecular weight excluding hydrogens is 388 g/mol. The maximum Gasteiger partial charge on any atom is 0.336 e.